The zero-order valence-corrected chi connectivity index (χ0v) is 18.1. The average molecular weight is 491 g/mol. The summed E-state index contributed by atoms with van der Waals surface area (Å²) >= 11 is 0. The van der Waals surface area contributed by atoms with Crippen LogP contribution in [0.3, 0.4) is 0 Å². The Morgan fingerprint density at radius 1 is 1.08 bits per heavy atom. The number of rotatable bonds is 8. The molecule has 0 saturated heterocycles. The molecular formula is C17H26IN5O2S. The van der Waals surface area contributed by atoms with E-state index in [1.54, 1.807) is 7.05 Å². The van der Waals surface area contributed by atoms with Gasteiger partial charge in [-0.2, -0.15) is 0 Å². The van der Waals surface area contributed by atoms with Crippen LogP contribution in [0.25, 0.3) is 0 Å². The number of benzene rings is 1. The Bertz CT molecular complexity index is 774. The first-order chi connectivity index (χ1) is 12.0. The highest BCUT2D eigenvalue weighted by atomic mass is 127. The summed E-state index contributed by atoms with van der Waals surface area (Å²) < 4.78 is 27.5. The second-order valence-electron chi connectivity index (χ2n) is 5.55. The van der Waals surface area contributed by atoms with Crippen LogP contribution in [0.5, 0.6) is 0 Å². The summed E-state index contributed by atoms with van der Waals surface area (Å²) in [6.45, 7) is 2.25. The lowest BCUT2D eigenvalue weighted by Gasteiger charge is -2.12. The van der Waals surface area contributed by atoms with Gasteiger partial charge >= 0.3 is 0 Å². The summed E-state index contributed by atoms with van der Waals surface area (Å²) in [7, 11) is -0.0888. The first-order valence-electron chi connectivity index (χ1n) is 8.07. The minimum Gasteiger partial charge on any atom is -0.355 e. The van der Waals surface area contributed by atoms with E-state index in [2.05, 4.69) is 24.9 Å². The molecule has 0 radical (unpaired) electrons. The van der Waals surface area contributed by atoms with Gasteiger partial charge in [0.25, 0.3) is 0 Å². The zero-order chi connectivity index (χ0) is 18.1. The van der Waals surface area contributed by atoms with Crippen LogP contribution in [0.1, 0.15) is 11.1 Å². The largest absolute Gasteiger partial charge is 0.355 e. The predicted molar refractivity (Wildman–Crippen MR) is 116 cm³/mol. The molecule has 0 spiro atoms. The van der Waals surface area contributed by atoms with Crippen LogP contribution < -0.4 is 15.4 Å². The van der Waals surface area contributed by atoms with Gasteiger partial charge in [-0.15, -0.1) is 24.0 Å². The van der Waals surface area contributed by atoms with Crippen LogP contribution in [0.4, 0.5) is 0 Å². The molecule has 0 saturated carbocycles. The Labute approximate surface area is 172 Å². The van der Waals surface area contributed by atoms with Gasteiger partial charge in [0.2, 0.25) is 10.0 Å². The van der Waals surface area contributed by atoms with E-state index in [4.69, 9.17) is 0 Å². The zero-order valence-electron chi connectivity index (χ0n) is 15.0. The molecule has 144 valence electrons. The quantitative estimate of drug-likeness (QED) is 0.297. The molecule has 0 unspecified atom stereocenters. The number of aliphatic imine (C=N–C) groups is 1. The van der Waals surface area contributed by atoms with Gasteiger partial charge in [0.05, 0.1) is 5.75 Å². The van der Waals surface area contributed by atoms with E-state index >= 15 is 0 Å². The molecule has 0 fully saturated rings. The van der Waals surface area contributed by atoms with Crippen molar-refractivity contribution in [2.45, 2.75) is 18.8 Å². The van der Waals surface area contributed by atoms with E-state index < -0.39 is 10.0 Å². The summed E-state index contributed by atoms with van der Waals surface area (Å²) in [5.41, 5.74) is 1.81. The Balaban J connectivity index is 0.00000338. The summed E-state index contributed by atoms with van der Waals surface area (Å²) in [6, 6.07) is 11.5. The van der Waals surface area contributed by atoms with Gasteiger partial charge in [-0.1, -0.05) is 24.3 Å². The average Bonchev–Trinajstić information content (AvgIpc) is 3.12. The summed E-state index contributed by atoms with van der Waals surface area (Å²) in [4.78, 5) is 4.20. The van der Waals surface area contributed by atoms with Crippen LogP contribution in [-0.2, 0) is 28.9 Å². The van der Waals surface area contributed by atoms with Crippen molar-refractivity contribution < 1.29 is 8.42 Å². The molecule has 0 amide bonds. The van der Waals surface area contributed by atoms with E-state index in [0.29, 0.717) is 6.54 Å². The maximum Gasteiger partial charge on any atom is 0.215 e. The smallest absolute Gasteiger partial charge is 0.215 e. The van der Waals surface area contributed by atoms with Crippen molar-refractivity contribution in [1.82, 2.24) is 19.9 Å². The second kappa shape index (κ2) is 11.2. The topological polar surface area (TPSA) is 87.5 Å². The number of hydrogen-bond acceptors (Lipinski definition) is 3. The SMILES string of the molecule is CN=C(NCCn1cccc1)NCc1ccc(CS(=O)(=O)NC)cc1.I. The van der Waals surface area contributed by atoms with Crippen molar-refractivity contribution in [3.05, 3.63) is 59.9 Å². The molecular weight excluding hydrogens is 465 g/mol. The van der Waals surface area contributed by atoms with Gasteiger partial charge in [-0.05, 0) is 30.3 Å². The minimum atomic E-state index is -3.24. The third-order valence-electron chi connectivity index (χ3n) is 3.70. The van der Waals surface area contributed by atoms with Gasteiger partial charge < -0.3 is 15.2 Å². The molecule has 2 rings (SSSR count). The monoisotopic (exact) mass is 491 g/mol. The molecule has 9 heteroatoms. The fraction of sp³-hybridized carbons (Fsp3) is 0.353. The number of aromatic nitrogens is 1. The number of nitrogens with one attached hydrogen (secondary N) is 3. The number of hydrogen-bond donors (Lipinski definition) is 3. The molecule has 0 aliphatic carbocycles. The van der Waals surface area contributed by atoms with Crippen LogP contribution in [0.15, 0.2) is 53.8 Å². The predicted octanol–water partition coefficient (Wildman–Crippen LogP) is 1.52. The van der Waals surface area contributed by atoms with E-state index in [-0.39, 0.29) is 29.7 Å². The molecule has 1 aromatic carbocycles. The van der Waals surface area contributed by atoms with Crippen molar-refractivity contribution in [2.75, 3.05) is 20.6 Å². The Morgan fingerprint density at radius 3 is 2.27 bits per heavy atom. The molecule has 26 heavy (non-hydrogen) atoms. The van der Waals surface area contributed by atoms with Crippen molar-refractivity contribution in [1.29, 1.82) is 0 Å². The summed E-state index contributed by atoms with van der Waals surface area (Å²) in [5.74, 6) is 0.716. The highest BCUT2D eigenvalue weighted by molar-refractivity contribution is 14.0. The first-order valence-corrected chi connectivity index (χ1v) is 9.72. The van der Waals surface area contributed by atoms with Gasteiger partial charge in [0.1, 0.15) is 0 Å². The lowest BCUT2D eigenvalue weighted by molar-refractivity contribution is 0.587. The molecule has 0 atom stereocenters. The van der Waals surface area contributed by atoms with E-state index in [0.717, 1.165) is 30.2 Å². The van der Waals surface area contributed by atoms with Gasteiger partial charge in [0, 0.05) is 39.1 Å². The molecule has 1 heterocycles. The number of sulfonamides is 1. The number of halogens is 1. The molecule has 3 N–H and O–H groups in total. The van der Waals surface area contributed by atoms with Crippen molar-refractivity contribution in [3.8, 4) is 0 Å². The van der Waals surface area contributed by atoms with E-state index in [1.165, 1.54) is 7.05 Å². The molecule has 1 aromatic heterocycles. The van der Waals surface area contributed by atoms with Gasteiger partial charge in [-0.25, -0.2) is 13.1 Å². The van der Waals surface area contributed by atoms with E-state index in [1.807, 2.05) is 48.8 Å². The molecule has 7 nitrogen and oxygen atoms in total. The lowest BCUT2D eigenvalue weighted by atomic mass is 10.1. The molecule has 0 aliphatic rings. The normalized spacial score (nSPS) is 11.7. The van der Waals surface area contributed by atoms with Gasteiger partial charge in [-0.3, -0.25) is 4.99 Å². The highest BCUT2D eigenvalue weighted by Gasteiger charge is 2.08. The Hall–Kier alpha value is -1.59. The Morgan fingerprint density at radius 2 is 1.69 bits per heavy atom. The van der Waals surface area contributed by atoms with Gasteiger partial charge in [0.15, 0.2) is 5.96 Å². The molecule has 0 bridgehead atoms. The van der Waals surface area contributed by atoms with Crippen molar-refractivity contribution >= 4 is 40.0 Å². The number of nitrogens with zero attached hydrogens (tertiary/aromatic N) is 2. The maximum absolute atomic E-state index is 11.5. The van der Waals surface area contributed by atoms with Crippen LogP contribution in [0, 0.1) is 0 Å². The third kappa shape index (κ3) is 7.75. The van der Waals surface area contributed by atoms with Crippen molar-refractivity contribution in [3.63, 3.8) is 0 Å². The highest BCUT2D eigenvalue weighted by Crippen LogP contribution is 2.07. The van der Waals surface area contributed by atoms with Crippen LogP contribution in [0.2, 0.25) is 0 Å². The summed E-state index contributed by atoms with van der Waals surface area (Å²) in [5, 5.41) is 6.50. The van der Waals surface area contributed by atoms with Crippen LogP contribution in [-0.4, -0.2) is 39.6 Å². The molecule has 0 aliphatic heterocycles. The lowest BCUT2D eigenvalue weighted by Crippen LogP contribution is -2.38. The second-order valence-corrected chi connectivity index (χ2v) is 7.48. The third-order valence-corrected chi connectivity index (χ3v) is 5.04. The van der Waals surface area contributed by atoms with Crippen molar-refractivity contribution in [2.24, 2.45) is 4.99 Å². The number of guanidine groups is 1. The first kappa shape index (κ1) is 22.5. The fourth-order valence-electron chi connectivity index (χ4n) is 2.27. The molecule has 2 aromatic rings. The maximum atomic E-state index is 11.5. The Kier molecular flexibility index (Phi) is 9.66. The standard InChI is InChI=1S/C17H25N5O2S.HI/c1-18-17(20-9-12-22-10-3-4-11-22)21-13-15-5-7-16(8-6-15)14-25(23,24)19-2;/h3-8,10-11,19H,9,12-14H2,1-2H3,(H2,18,20,21);1H. The minimum absolute atomic E-state index is 0. The van der Waals surface area contributed by atoms with E-state index in [9.17, 15) is 8.42 Å². The van der Waals surface area contributed by atoms with Crippen LogP contribution >= 0.6 is 24.0 Å². The summed E-state index contributed by atoms with van der Waals surface area (Å²) in [6.07, 6.45) is 4.04. The fourth-order valence-corrected chi connectivity index (χ4v) is 3.05.